The minimum atomic E-state index is -0.533. The van der Waals surface area contributed by atoms with Crippen LogP contribution in [0.4, 0.5) is 4.39 Å². The summed E-state index contributed by atoms with van der Waals surface area (Å²) >= 11 is 3.29. The van der Waals surface area contributed by atoms with E-state index in [9.17, 15) is 9.18 Å². The smallest absolute Gasteiger partial charge is 0.309 e. The molecular weight excluding hydrogens is 329 g/mol. The molecule has 0 aromatic carbocycles. The lowest BCUT2D eigenvalue weighted by atomic mass is 9.83. The molecule has 0 saturated carbocycles. The summed E-state index contributed by atoms with van der Waals surface area (Å²) in [5.41, 5.74) is 0.447. The van der Waals surface area contributed by atoms with Gasteiger partial charge in [0.1, 0.15) is 0 Å². The predicted molar refractivity (Wildman–Crippen MR) is 74.8 cm³/mol. The predicted octanol–water partition coefficient (Wildman–Crippen LogP) is 3.06. The number of nitrogens with zero attached hydrogens (tertiary/aromatic N) is 1. The maximum absolute atomic E-state index is 14.0. The number of aromatic nitrogens is 1. The molecule has 0 bridgehead atoms. The van der Waals surface area contributed by atoms with Crippen LogP contribution in [0.15, 0.2) is 16.7 Å². The zero-order valence-electron chi connectivity index (χ0n) is 11.3. The standard InChI is InChI=1S/C14H17BrFNO3/c1-2-20-14(18)11-4-6-19-5-3-10(11)12-7-9(15)8-17-13(12)16/h7-8,10-11H,2-6H2,1H3. The second-order valence-corrected chi connectivity index (χ2v) is 5.60. The zero-order chi connectivity index (χ0) is 14.5. The van der Waals surface area contributed by atoms with Crippen molar-refractivity contribution in [3.63, 3.8) is 0 Å². The Bertz CT molecular complexity index is 483. The average Bonchev–Trinajstić information content (AvgIpc) is 2.67. The molecule has 1 aromatic heterocycles. The van der Waals surface area contributed by atoms with Crippen LogP contribution in [0.2, 0.25) is 0 Å². The first kappa shape index (κ1) is 15.4. The van der Waals surface area contributed by atoms with Crippen LogP contribution in [0, 0.1) is 11.9 Å². The summed E-state index contributed by atoms with van der Waals surface area (Å²) in [6.45, 7) is 3.08. The summed E-state index contributed by atoms with van der Waals surface area (Å²) in [5.74, 6) is -1.47. The van der Waals surface area contributed by atoms with Crippen molar-refractivity contribution in [2.45, 2.75) is 25.7 Å². The third kappa shape index (κ3) is 3.55. The van der Waals surface area contributed by atoms with Gasteiger partial charge in [0, 0.05) is 35.4 Å². The van der Waals surface area contributed by atoms with Crippen molar-refractivity contribution in [1.82, 2.24) is 4.98 Å². The molecule has 0 amide bonds. The number of carbonyl (C=O) groups is 1. The van der Waals surface area contributed by atoms with Gasteiger partial charge in [0.05, 0.1) is 12.5 Å². The lowest BCUT2D eigenvalue weighted by Gasteiger charge is -2.23. The molecule has 0 aliphatic carbocycles. The molecule has 6 heteroatoms. The molecule has 20 heavy (non-hydrogen) atoms. The fraction of sp³-hybridized carbons (Fsp3) is 0.571. The van der Waals surface area contributed by atoms with Crippen LogP contribution in [0.5, 0.6) is 0 Å². The van der Waals surface area contributed by atoms with Crippen molar-refractivity contribution in [2.24, 2.45) is 5.92 Å². The first-order valence-corrected chi connectivity index (χ1v) is 7.48. The number of ether oxygens (including phenoxy) is 2. The van der Waals surface area contributed by atoms with E-state index in [1.807, 2.05) is 0 Å². The topological polar surface area (TPSA) is 48.4 Å². The molecule has 0 spiro atoms. The van der Waals surface area contributed by atoms with Crippen molar-refractivity contribution in [2.75, 3.05) is 19.8 Å². The van der Waals surface area contributed by atoms with Gasteiger partial charge in [0.25, 0.3) is 0 Å². The van der Waals surface area contributed by atoms with Crippen molar-refractivity contribution in [1.29, 1.82) is 0 Å². The molecule has 0 radical (unpaired) electrons. The van der Waals surface area contributed by atoms with Gasteiger partial charge in [-0.15, -0.1) is 0 Å². The maximum Gasteiger partial charge on any atom is 0.309 e. The summed E-state index contributed by atoms with van der Waals surface area (Å²) in [6.07, 6.45) is 2.53. The Balaban J connectivity index is 2.32. The van der Waals surface area contributed by atoms with Gasteiger partial charge in [-0.05, 0) is 41.8 Å². The van der Waals surface area contributed by atoms with Gasteiger partial charge >= 0.3 is 5.97 Å². The number of halogens is 2. The minimum Gasteiger partial charge on any atom is -0.466 e. The molecule has 2 rings (SSSR count). The van der Waals surface area contributed by atoms with Crippen LogP contribution in [0.1, 0.15) is 31.2 Å². The molecule has 1 fully saturated rings. The Morgan fingerprint density at radius 2 is 2.30 bits per heavy atom. The highest BCUT2D eigenvalue weighted by Crippen LogP contribution is 2.35. The van der Waals surface area contributed by atoms with E-state index < -0.39 is 5.95 Å². The fourth-order valence-corrected chi connectivity index (χ4v) is 2.88. The SMILES string of the molecule is CCOC(=O)C1CCOCCC1c1cc(Br)cnc1F. The first-order chi connectivity index (χ1) is 9.63. The summed E-state index contributed by atoms with van der Waals surface area (Å²) in [5, 5.41) is 0. The molecular formula is C14H17BrFNO3. The highest BCUT2D eigenvalue weighted by molar-refractivity contribution is 9.10. The van der Waals surface area contributed by atoms with Crippen LogP contribution in [-0.2, 0) is 14.3 Å². The van der Waals surface area contributed by atoms with Crippen molar-refractivity contribution in [3.05, 3.63) is 28.2 Å². The minimum absolute atomic E-state index is 0.262. The molecule has 1 aliphatic rings. The second-order valence-electron chi connectivity index (χ2n) is 4.69. The largest absolute Gasteiger partial charge is 0.466 e. The van der Waals surface area contributed by atoms with E-state index in [1.54, 1.807) is 13.0 Å². The molecule has 2 unspecified atom stereocenters. The van der Waals surface area contributed by atoms with E-state index in [1.165, 1.54) is 6.20 Å². The Morgan fingerprint density at radius 1 is 1.55 bits per heavy atom. The fourth-order valence-electron chi connectivity index (χ4n) is 2.53. The summed E-state index contributed by atoms with van der Waals surface area (Å²) < 4.78 is 25.2. The first-order valence-electron chi connectivity index (χ1n) is 6.68. The summed E-state index contributed by atoms with van der Waals surface area (Å²) in [6, 6.07) is 1.69. The normalized spacial score (nSPS) is 23.1. The molecule has 1 aromatic rings. The van der Waals surface area contributed by atoms with Crippen LogP contribution in [0.25, 0.3) is 0 Å². The van der Waals surface area contributed by atoms with Gasteiger partial charge in [0.15, 0.2) is 0 Å². The molecule has 1 aliphatic heterocycles. The van der Waals surface area contributed by atoms with E-state index in [4.69, 9.17) is 9.47 Å². The van der Waals surface area contributed by atoms with E-state index in [-0.39, 0.29) is 17.8 Å². The van der Waals surface area contributed by atoms with E-state index in [0.29, 0.717) is 42.7 Å². The van der Waals surface area contributed by atoms with E-state index in [0.717, 1.165) is 0 Å². The van der Waals surface area contributed by atoms with Crippen molar-refractivity contribution < 1.29 is 18.7 Å². The third-order valence-electron chi connectivity index (χ3n) is 3.45. The molecule has 1 saturated heterocycles. The van der Waals surface area contributed by atoms with Crippen LogP contribution >= 0.6 is 15.9 Å². The van der Waals surface area contributed by atoms with Crippen molar-refractivity contribution >= 4 is 21.9 Å². The van der Waals surface area contributed by atoms with Gasteiger partial charge in [0.2, 0.25) is 5.95 Å². The van der Waals surface area contributed by atoms with Gasteiger partial charge < -0.3 is 9.47 Å². The molecule has 2 atom stereocenters. The Kier molecular flexibility index (Phi) is 5.48. The molecule has 4 nitrogen and oxygen atoms in total. The Hall–Kier alpha value is -1.01. The highest BCUT2D eigenvalue weighted by Gasteiger charge is 2.34. The Labute approximate surface area is 125 Å². The lowest BCUT2D eigenvalue weighted by molar-refractivity contribution is -0.149. The van der Waals surface area contributed by atoms with Gasteiger partial charge in [-0.1, -0.05) is 0 Å². The number of hydrogen-bond acceptors (Lipinski definition) is 4. The lowest BCUT2D eigenvalue weighted by Crippen LogP contribution is -2.25. The summed E-state index contributed by atoms with van der Waals surface area (Å²) in [7, 11) is 0. The number of pyridine rings is 1. The van der Waals surface area contributed by atoms with E-state index >= 15 is 0 Å². The number of hydrogen-bond donors (Lipinski definition) is 0. The maximum atomic E-state index is 14.0. The highest BCUT2D eigenvalue weighted by atomic mass is 79.9. The van der Waals surface area contributed by atoms with Crippen molar-refractivity contribution in [3.8, 4) is 0 Å². The molecule has 110 valence electrons. The Morgan fingerprint density at radius 3 is 3.05 bits per heavy atom. The van der Waals surface area contributed by atoms with Gasteiger partial charge in [-0.3, -0.25) is 4.79 Å². The third-order valence-corrected chi connectivity index (χ3v) is 3.89. The van der Waals surface area contributed by atoms with Crippen LogP contribution in [-0.4, -0.2) is 30.8 Å². The van der Waals surface area contributed by atoms with Gasteiger partial charge in [-0.2, -0.15) is 4.39 Å². The number of carbonyl (C=O) groups excluding carboxylic acids is 1. The van der Waals surface area contributed by atoms with E-state index in [2.05, 4.69) is 20.9 Å². The monoisotopic (exact) mass is 345 g/mol. The van der Waals surface area contributed by atoms with Crippen LogP contribution < -0.4 is 0 Å². The second kappa shape index (κ2) is 7.13. The molecule has 0 N–H and O–H groups in total. The van der Waals surface area contributed by atoms with Gasteiger partial charge in [-0.25, -0.2) is 4.98 Å². The number of rotatable bonds is 3. The van der Waals surface area contributed by atoms with Crippen LogP contribution in [0.3, 0.4) is 0 Å². The summed E-state index contributed by atoms with van der Waals surface area (Å²) in [4.78, 5) is 15.8. The number of esters is 1. The molecule has 2 heterocycles. The average molecular weight is 346 g/mol. The quantitative estimate of drug-likeness (QED) is 0.624. The zero-order valence-corrected chi connectivity index (χ0v) is 12.9.